The van der Waals surface area contributed by atoms with Crippen LogP contribution < -0.4 is 10.9 Å². The van der Waals surface area contributed by atoms with Crippen molar-refractivity contribution in [1.82, 2.24) is 15.8 Å². The van der Waals surface area contributed by atoms with E-state index < -0.39 is 0 Å². The molecule has 1 aromatic rings. The van der Waals surface area contributed by atoms with Crippen LogP contribution in [0.25, 0.3) is 0 Å². The van der Waals surface area contributed by atoms with Gasteiger partial charge >= 0.3 is 0 Å². The van der Waals surface area contributed by atoms with Crippen LogP contribution in [0.4, 0.5) is 0 Å². The van der Waals surface area contributed by atoms with Crippen LogP contribution in [-0.2, 0) is 0 Å². The highest BCUT2D eigenvalue weighted by Crippen LogP contribution is 2.27. The van der Waals surface area contributed by atoms with Crippen LogP contribution in [-0.4, -0.2) is 37.5 Å². The number of likely N-dealkylation sites (tertiary alicyclic amines) is 1. The number of terminal acetylenes is 1. The van der Waals surface area contributed by atoms with Gasteiger partial charge in [0.1, 0.15) is 0 Å². The first-order valence-electron chi connectivity index (χ1n) is 11.4. The molecule has 2 fully saturated rings. The highest BCUT2D eigenvalue weighted by Gasteiger charge is 2.18. The Hall–Kier alpha value is -1.83. The molecule has 0 bridgehead atoms. The van der Waals surface area contributed by atoms with E-state index in [4.69, 9.17) is 6.42 Å². The SMILES string of the molecule is C#CCC1CCCCC1.CCCNNC(=O)c1ccc(C2CCN(C)CC2)cc1. The van der Waals surface area contributed by atoms with Gasteiger partial charge in [-0.15, -0.1) is 12.3 Å². The Morgan fingerprint density at radius 2 is 1.76 bits per heavy atom. The number of carbonyl (C=O) groups is 1. The molecule has 1 saturated heterocycles. The molecule has 0 unspecified atom stereocenters. The van der Waals surface area contributed by atoms with Crippen molar-refractivity contribution in [2.75, 3.05) is 26.7 Å². The molecule has 0 atom stereocenters. The van der Waals surface area contributed by atoms with E-state index in [2.05, 4.69) is 47.8 Å². The number of amides is 1. The third kappa shape index (κ3) is 8.60. The number of carbonyl (C=O) groups excluding carboxylic acids is 1. The summed E-state index contributed by atoms with van der Waals surface area (Å²) in [6, 6.07) is 8.06. The molecule has 1 aliphatic heterocycles. The number of nitrogens with one attached hydrogen (secondary N) is 2. The molecular weight excluding hydrogens is 358 g/mol. The Morgan fingerprint density at radius 3 is 2.34 bits per heavy atom. The number of rotatable bonds is 6. The van der Waals surface area contributed by atoms with E-state index >= 15 is 0 Å². The van der Waals surface area contributed by atoms with Crippen molar-refractivity contribution in [3.8, 4) is 12.3 Å². The van der Waals surface area contributed by atoms with E-state index in [0.717, 1.165) is 38.4 Å². The summed E-state index contributed by atoms with van der Waals surface area (Å²) in [5.74, 6) is 4.18. The van der Waals surface area contributed by atoms with Crippen LogP contribution >= 0.6 is 0 Å². The monoisotopic (exact) mass is 397 g/mol. The fourth-order valence-corrected chi connectivity index (χ4v) is 4.15. The minimum atomic E-state index is -0.0617. The molecule has 1 aromatic carbocycles. The van der Waals surface area contributed by atoms with Crippen molar-refractivity contribution >= 4 is 5.91 Å². The maximum atomic E-state index is 11.9. The average Bonchev–Trinajstić information content (AvgIpc) is 2.76. The maximum absolute atomic E-state index is 11.9. The number of piperidine rings is 1. The van der Waals surface area contributed by atoms with E-state index in [1.165, 1.54) is 50.5 Å². The minimum Gasteiger partial charge on any atom is -0.306 e. The van der Waals surface area contributed by atoms with Gasteiger partial charge in [-0.2, -0.15) is 0 Å². The predicted molar refractivity (Wildman–Crippen MR) is 122 cm³/mol. The summed E-state index contributed by atoms with van der Waals surface area (Å²) in [6.45, 7) is 5.18. The zero-order valence-electron chi connectivity index (χ0n) is 18.4. The average molecular weight is 398 g/mol. The van der Waals surface area contributed by atoms with Gasteiger partial charge in [-0.1, -0.05) is 38.3 Å². The smallest absolute Gasteiger partial charge is 0.265 e. The normalized spacial score (nSPS) is 18.4. The molecule has 0 spiro atoms. The second-order valence-electron chi connectivity index (χ2n) is 8.49. The molecule has 4 heteroatoms. The predicted octanol–water partition coefficient (Wildman–Crippen LogP) is 4.73. The van der Waals surface area contributed by atoms with Crippen molar-refractivity contribution in [3.05, 3.63) is 35.4 Å². The Kier molecular flexibility index (Phi) is 10.8. The molecule has 4 nitrogen and oxygen atoms in total. The van der Waals surface area contributed by atoms with Crippen molar-refractivity contribution in [1.29, 1.82) is 0 Å². The Bertz CT molecular complexity index is 620. The van der Waals surface area contributed by atoms with Crippen LogP contribution in [0.2, 0.25) is 0 Å². The van der Waals surface area contributed by atoms with Gasteiger partial charge in [0.2, 0.25) is 0 Å². The van der Waals surface area contributed by atoms with Crippen molar-refractivity contribution in [2.24, 2.45) is 5.92 Å². The first-order valence-corrected chi connectivity index (χ1v) is 11.4. The Morgan fingerprint density at radius 1 is 1.10 bits per heavy atom. The van der Waals surface area contributed by atoms with Gasteiger partial charge < -0.3 is 4.90 Å². The van der Waals surface area contributed by atoms with E-state index in [0.29, 0.717) is 11.5 Å². The molecule has 0 radical (unpaired) electrons. The fraction of sp³-hybridized carbons (Fsp3) is 0.640. The lowest BCUT2D eigenvalue weighted by Crippen LogP contribution is -2.37. The minimum absolute atomic E-state index is 0.0617. The lowest BCUT2D eigenvalue weighted by Gasteiger charge is -2.29. The summed E-state index contributed by atoms with van der Waals surface area (Å²) in [6.07, 6.45) is 16.6. The highest BCUT2D eigenvalue weighted by molar-refractivity contribution is 5.93. The second-order valence-corrected chi connectivity index (χ2v) is 8.49. The van der Waals surface area contributed by atoms with Gasteiger partial charge in [0, 0.05) is 18.5 Å². The summed E-state index contributed by atoms with van der Waals surface area (Å²) in [5.41, 5.74) is 7.69. The second kappa shape index (κ2) is 13.4. The van der Waals surface area contributed by atoms with Gasteiger partial charge in [0.05, 0.1) is 0 Å². The molecule has 3 rings (SSSR count). The molecule has 1 saturated carbocycles. The molecule has 2 aliphatic rings. The van der Waals surface area contributed by atoms with Gasteiger partial charge in [-0.25, -0.2) is 5.43 Å². The number of hydrazine groups is 1. The molecular formula is C25H39N3O. The van der Waals surface area contributed by atoms with Gasteiger partial charge in [0.25, 0.3) is 5.91 Å². The third-order valence-electron chi connectivity index (χ3n) is 6.07. The van der Waals surface area contributed by atoms with E-state index in [-0.39, 0.29) is 5.91 Å². The molecule has 29 heavy (non-hydrogen) atoms. The highest BCUT2D eigenvalue weighted by atomic mass is 16.2. The molecule has 0 aromatic heterocycles. The lowest BCUT2D eigenvalue weighted by molar-refractivity contribution is 0.0933. The largest absolute Gasteiger partial charge is 0.306 e. The van der Waals surface area contributed by atoms with Gasteiger partial charge in [-0.05, 0) is 81.8 Å². The molecule has 1 heterocycles. The third-order valence-corrected chi connectivity index (χ3v) is 6.07. The van der Waals surface area contributed by atoms with Gasteiger partial charge in [-0.3, -0.25) is 10.2 Å². The lowest BCUT2D eigenvalue weighted by atomic mass is 9.87. The quantitative estimate of drug-likeness (QED) is 0.414. The standard InChI is InChI=1S/C16H25N3O.C9H14/c1-3-10-17-18-16(20)15-6-4-13(5-7-15)14-8-11-19(2)12-9-14;1-2-6-9-7-4-3-5-8-9/h4-7,14,17H,3,8-12H2,1-2H3,(H,18,20);1,9H,3-8H2. The fourth-order valence-electron chi connectivity index (χ4n) is 4.15. The van der Waals surface area contributed by atoms with E-state index in [1.54, 1.807) is 0 Å². The molecule has 1 amide bonds. The van der Waals surface area contributed by atoms with Crippen LogP contribution in [0.15, 0.2) is 24.3 Å². The first-order chi connectivity index (χ1) is 14.1. The van der Waals surface area contributed by atoms with Crippen LogP contribution in [0.3, 0.4) is 0 Å². The summed E-state index contributed by atoms with van der Waals surface area (Å²) in [4.78, 5) is 14.2. The Labute approximate surface area is 177 Å². The number of benzene rings is 1. The van der Waals surface area contributed by atoms with Crippen LogP contribution in [0.5, 0.6) is 0 Å². The van der Waals surface area contributed by atoms with E-state index in [9.17, 15) is 4.79 Å². The zero-order chi connectivity index (χ0) is 20.9. The molecule has 1 aliphatic carbocycles. The summed E-state index contributed by atoms with van der Waals surface area (Å²) in [7, 11) is 2.17. The van der Waals surface area contributed by atoms with Crippen molar-refractivity contribution in [2.45, 2.75) is 70.6 Å². The van der Waals surface area contributed by atoms with Gasteiger partial charge in [0.15, 0.2) is 0 Å². The summed E-state index contributed by atoms with van der Waals surface area (Å²) in [5, 5.41) is 0. The van der Waals surface area contributed by atoms with Crippen LogP contribution in [0.1, 0.15) is 86.6 Å². The first kappa shape index (κ1) is 23.4. The topological polar surface area (TPSA) is 44.4 Å². The van der Waals surface area contributed by atoms with Crippen LogP contribution in [0, 0.1) is 18.3 Å². The number of hydrogen-bond acceptors (Lipinski definition) is 3. The molecule has 160 valence electrons. The van der Waals surface area contributed by atoms with E-state index in [1.807, 2.05) is 12.1 Å². The number of hydrogen-bond donors (Lipinski definition) is 2. The van der Waals surface area contributed by atoms with Crippen molar-refractivity contribution < 1.29 is 4.79 Å². The zero-order valence-corrected chi connectivity index (χ0v) is 18.4. The Balaban J connectivity index is 0.000000278. The summed E-state index contributed by atoms with van der Waals surface area (Å²) < 4.78 is 0. The summed E-state index contributed by atoms with van der Waals surface area (Å²) >= 11 is 0. The molecule has 2 N–H and O–H groups in total. The van der Waals surface area contributed by atoms with Crippen molar-refractivity contribution in [3.63, 3.8) is 0 Å². The maximum Gasteiger partial charge on any atom is 0.265 e. The number of nitrogens with zero attached hydrogens (tertiary/aromatic N) is 1.